The molecule has 0 fully saturated rings. The molecule has 5 aromatic rings. The van der Waals surface area contributed by atoms with Crippen LogP contribution >= 0.6 is 11.6 Å². The van der Waals surface area contributed by atoms with Gasteiger partial charge in [0.05, 0.1) is 22.4 Å². The molecule has 0 unspecified atom stereocenters. The van der Waals surface area contributed by atoms with Crippen LogP contribution in [-0.4, -0.2) is 19.7 Å². The lowest BCUT2D eigenvalue weighted by atomic mass is 10.1. The summed E-state index contributed by atoms with van der Waals surface area (Å²) in [5.41, 5.74) is 7.73. The van der Waals surface area contributed by atoms with Gasteiger partial charge in [0.1, 0.15) is 0 Å². The molecule has 0 radical (unpaired) electrons. The van der Waals surface area contributed by atoms with Crippen molar-refractivity contribution in [1.29, 1.82) is 0 Å². The fourth-order valence-corrected chi connectivity index (χ4v) is 3.54. The molecule has 0 aliphatic heterocycles. The summed E-state index contributed by atoms with van der Waals surface area (Å²) >= 11 is 6.11. The Morgan fingerprint density at radius 1 is 0.767 bits per heavy atom. The second-order valence-electron chi connectivity index (χ2n) is 6.73. The minimum atomic E-state index is 0.407. The zero-order valence-corrected chi connectivity index (χ0v) is 16.6. The van der Waals surface area contributed by atoms with E-state index in [1.54, 1.807) is 16.8 Å². The zero-order chi connectivity index (χ0) is 20.5. The number of aromatic nitrogens is 4. The molecule has 2 heterocycles. The Morgan fingerprint density at radius 2 is 1.47 bits per heavy atom. The second-order valence-corrected chi connectivity index (χ2v) is 7.17. The van der Waals surface area contributed by atoms with Crippen molar-refractivity contribution < 1.29 is 0 Å². The minimum absolute atomic E-state index is 0.407. The maximum absolute atomic E-state index is 6.11. The lowest BCUT2D eigenvalue weighted by Crippen LogP contribution is -2.15. The van der Waals surface area contributed by atoms with Crippen LogP contribution < -0.4 is 11.3 Å². The molecule has 30 heavy (non-hydrogen) atoms. The lowest BCUT2D eigenvalue weighted by molar-refractivity contribution is 0.857. The number of hydrogen-bond donors (Lipinski definition) is 2. The van der Waals surface area contributed by atoms with Crippen LogP contribution in [-0.2, 0) is 0 Å². The van der Waals surface area contributed by atoms with Gasteiger partial charge in [-0.25, -0.2) is 20.5 Å². The molecule has 6 nitrogen and oxygen atoms in total. The molecule has 0 amide bonds. The molecular formula is C23H17ClN6. The Balaban J connectivity index is 1.77. The predicted molar refractivity (Wildman–Crippen MR) is 120 cm³/mol. The normalized spacial score (nSPS) is 11.0. The summed E-state index contributed by atoms with van der Waals surface area (Å²) in [5.74, 6) is 6.71. The van der Waals surface area contributed by atoms with Gasteiger partial charge in [0.25, 0.3) is 0 Å². The van der Waals surface area contributed by atoms with Gasteiger partial charge in [-0.1, -0.05) is 72.3 Å². The van der Waals surface area contributed by atoms with Crippen LogP contribution in [0.25, 0.3) is 39.4 Å². The van der Waals surface area contributed by atoms with Crippen molar-refractivity contribution in [2.24, 2.45) is 5.84 Å². The van der Waals surface area contributed by atoms with Crippen molar-refractivity contribution in [3.05, 3.63) is 90.0 Å². The summed E-state index contributed by atoms with van der Waals surface area (Å²) in [6.07, 6.45) is 0. The molecule has 0 atom stereocenters. The number of hydrazine groups is 1. The van der Waals surface area contributed by atoms with Crippen molar-refractivity contribution in [2.45, 2.75) is 0 Å². The van der Waals surface area contributed by atoms with Crippen molar-refractivity contribution in [3.63, 3.8) is 0 Å². The number of nitrogens with zero attached hydrogens (tertiary/aromatic N) is 4. The van der Waals surface area contributed by atoms with Crippen LogP contribution in [0.3, 0.4) is 0 Å². The fourth-order valence-electron chi connectivity index (χ4n) is 3.37. The van der Waals surface area contributed by atoms with E-state index in [1.165, 1.54) is 0 Å². The van der Waals surface area contributed by atoms with Crippen LogP contribution in [0.2, 0.25) is 5.02 Å². The maximum atomic E-state index is 6.11. The summed E-state index contributed by atoms with van der Waals surface area (Å²) in [5, 5.41) is 5.44. The topological polar surface area (TPSA) is 81.6 Å². The van der Waals surface area contributed by atoms with E-state index in [0.29, 0.717) is 27.7 Å². The summed E-state index contributed by atoms with van der Waals surface area (Å²) in [4.78, 5) is 9.39. The lowest BCUT2D eigenvalue weighted by Gasteiger charge is -2.12. The molecule has 5 rings (SSSR count). The van der Waals surface area contributed by atoms with Crippen LogP contribution in [0.5, 0.6) is 0 Å². The first-order valence-corrected chi connectivity index (χ1v) is 9.76. The van der Waals surface area contributed by atoms with Crippen molar-refractivity contribution in [2.75, 3.05) is 5.43 Å². The van der Waals surface area contributed by atoms with Gasteiger partial charge < -0.3 is 5.43 Å². The second kappa shape index (κ2) is 7.59. The first-order chi connectivity index (χ1) is 14.7. The monoisotopic (exact) mass is 412 g/mol. The number of rotatable bonds is 4. The first-order valence-electron chi connectivity index (χ1n) is 9.38. The van der Waals surface area contributed by atoms with Gasteiger partial charge in [-0.2, -0.15) is 5.10 Å². The molecule has 3 N–H and O–H groups in total. The molecule has 3 aromatic carbocycles. The number of benzene rings is 3. The summed E-state index contributed by atoms with van der Waals surface area (Å²) in [7, 11) is 0. The van der Waals surface area contributed by atoms with Crippen LogP contribution in [0.15, 0.2) is 84.9 Å². The highest BCUT2D eigenvalue weighted by Gasteiger charge is 2.18. The third-order valence-corrected chi connectivity index (χ3v) is 5.03. The van der Waals surface area contributed by atoms with E-state index in [9.17, 15) is 0 Å². The van der Waals surface area contributed by atoms with Gasteiger partial charge in [-0.3, -0.25) is 0 Å². The number of nitrogens with one attached hydrogen (secondary N) is 1. The Kier molecular flexibility index (Phi) is 4.63. The number of anilines is 1. The molecule has 0 spiro atoms. The average Bonchev–Trinajstić information content (AvgIpc) is 3.24. The Labute approximate surface area is 177 Å². The molecule has 0 saturated carbocycles. The fraction of sp³-hybridized carbons (Fsp3) is 0. The highest BCUT2D eigenvalue weighted by molar-refractivity contribution is 6.31. The van der Waals surface area contributed by atoms with E-state index >= 15 is 0 Å². The Hall–Kier alpha value is -3.74. The van der Waals surface area contributed by atoms with E-state index in [-0.39, 0.29) is 0 Å². The number of halogens is 1. The third-order valence-electron chi connectivity index (χ3n) is 4.79. The molecular weight excluding hydrogens is 396 g/mol. The van der Waals surface area contributed by atoms with E-state index in [2.05, 4.69) is 10.4 Å². The molecule has 0 aliphatic rings. The van der Waals surface area contributed by atoms with Gasteiger partial charge in [0, 0.05) is 16.1 Å². The Bertz CT molecular complexity index is 1330. The van der Waals surface area contributed by atoms with E-state index < -0.39 is 0 Å². The van der Waals surface area contributed by atoms with Crippen molar-refractivity contribution in [3.8, 4) is 28.3 Å². The van der Waals surface area contributed by atoms with Gasteiger partial charge in [0.2, 0.25) is 0 Å². The van der Waals surface area contributed by atoms with Crippen LogP contribution in [0.4, 0.5) is 5.82 Å². The number of fused-ring (bicyclic) bond motifs is 1. The summed E-state index contributed by atoms with van der Waals surface area (Å²) < 4.78 is 1.77. The van der Waals surface area contributed by atoms with Gasteiger partial charge in [0.15, 0.2) is 11.6 Å². The van der Waals surface area contributed by atoms with E-state index in [4.69, 9.17) is 27.5 Å². The smallest absolute Gasteiger partial charge is 0.199 e. The van der Waals surface area contributed by atoms with Crippen molar-refractivity contribution in [1.82, 2.24) is 19.7 Å². The molecule has 0 bridgehead atoms. The number of nitrogen functional groups attached to an aromatic ring is 1. The molecule has 0 saturated heterocycles. The summed E-state index contributed by atoms with van der Waals surface area (Å²) in [6, 6.07) is 27.5. The van der Waals surface area contributed by atoms with Crippen LogP contribution in [0, 0.1) is 0 Å². The van der Waals surface area contributed by atoms with E-state index in [1.807, 2.05) is 72.8 Å². The predicted octanol–water partition coefficient (Wildman–Crippen LogP) is 5.09. The average molecular weight is 413 g/mol. The Morgan fingerprint density at radius 3 is 2.17 bits per heavy atom. The van der Waals surface area contributed by atoms with E-state index in [0.717, 1.165) is 22.5 Å². The molecule has 2 aromatic heterocycles. The molecule has 0 aliphatic carbocycles. The highest BCUT2D eigenvalue weighted by atomic mass is 35.5. The van der Waals surface area contributed by atoms with Gasteiger partial charge in [-0.15, -0.1) is 0 Å². The zero-order valence-electron chi connectivity index (χ0n) is 15.8. The minimum Gasteiger partial charge on any atom is -0.305 e. The SMILES string of the molecule is NNc1nc2cc(Cl)ccc2nc1-n1nc(-c2ccccc2)cc1-c1ccccc1. The third kappa shape index (κ3) is 3.28. The molecule has 146 valence electrons. The number of hydrogen-bond acceptors (Lipinski definition) is 5. The summed E-state index contributed by atoms with van der Waals surface area (Å²) in [6.45, 7) is 0. The standard InChI is InChI=1S/C23H17ClN6/c24-17-11-12-18-20(13-17)26-22(28-25)23(27-18)30-21(16-9-5-2-6-10-16)14-19(29-30)15-7-3-1-4-8-15/h1-14H,25H2,(H,26,28). The largest absolute Gasteiger partial charge is 0.305 e. The van der Waals surface area contributed by atoms with Gasteiger partial charge in [-0.05, 0) is 24.3 Å². The first kappa shape index (κ1) is 18.3. The van der Waals surface area contributed by atoms with Gasteiger partial charge >= 0.3 is 0 Å². The maximum Gasteiger partial charge on any atom is 0.199 e. The highest BCUT2D eigenvalue weighted by Crippen LogP contribution is 2.31. The quantitative estimate of drug-likeness (QED) is 0.317. The van der Waals surface area contributed by atoms with Crippen LogP contribution in [0.1, 0.15) is 0 Å². The number of nitrogens with two attached hydrogens (primary N) is 1. The van der Waals surface area contributed by atoms with Crippen molar-refractivity contribution >= 4 is 28.5 Å². The molecule has 7 heteroatoms.